The predicted octanol–water partition coefficient (Wildman–Crippen LogP) is 3.32. The molecule has 0 heterocycles. The maximum absolute atomic E-state index is 5.67. The molecule has 0 saturated heterocycles. The summed E-state index contributed by atoms with van der Waals surface area (Å²) in [5.41, 5.74) is 6.96. The van der Waals surface area contributed by atoms with Gasteiger partial charge < -0.3 is 7.85 Å². The Morgan fingerprint density at radius 2 is 1.82 bits per heavy atom. The minimum atomic E-state index is 0.714. The molecule has 0 atom stereocenters. The van der Waals surface area contributed by atoms with Crippen LogP contribution in [-0.2, 0) is 12.8 Å². The third-order valence-electron chi connectivity index (χ3n) is 3.44. The average Bonchev–Trinajstić information content (AvgIpc) is 2.37. The minimum absolute atomic E-state index is 0.714. The molecule has 81 valence electrons. The molecule has 0 aliphatic heterocycles. The molecular weight excluding hydrogens is 203 g/mol. The molecule has 0 N–H and O–H groups in total. The van der Waals surface area contributed by atoms with Crippen LogP contribution in [-0.4, -0.2) is 7.85 Å². The van der Waals surface area contributed by atoms with E-state index >= 15 is 0 Å². The van der Waals surface area contributed by atoms with Gasteiger partial charge in [-0.2, -0.15) is 0 Å². The first kappa shape index (κ1) is 10.5. The molecule has 0 fully saturated rings. The van der Waals surface area contributed by atoms with Crippen LogP contribution in [0.5, 0.6) is 0 Å². The molecule has 0 saturated carbocycles. The van der Waals surface area contributed by atoms with E-state index < -0.39 is 0 Å². The van der Waals surface area contributed by atoms with E-state index in [1.165, 1.54) is 27.8 Å². The number of fused-ring (bicyclic) bond motifs is 2. The number of hydrogen-bond donors (Lipinski definition) is 0. The van der Waals surface area contributed by atoms with E-state index in [0.717, 1.165) is 12.8 Å². The molecule has 1 aliphatic carbocycles. The second-order valence-corrected chi connectivity index (χ2v) is 4.55. The van der Waals surface area contributed by atoms with Crippen LogP contribution in [0.4, 0.5) is 0 Å². The molecule has 0 bridgehead atoms. The summed E-state index contributed by atoms with van der Waals surface area (Å²) in [6, 6.07) is 15.2. The van der Waals surface area contributed by atoms with E-state index in [1.807, 2.05) is 0 Å². The first-order valence-corrected chi connectivity index (χ1v) is 6.12. The fourth-order valence-electron chi connectivity index (χ4n) is 2.58. The molecule has 0 spiro atoms. The van der Waals surface area contributed by atoms with Crippen molar-refractivity contribution in [2.75, 3.05) is 0 Å². The Balaban J connectivity index is 2.05. The molecule has 3 radical (unpaired) electrons. The van der Waals surface area contributed by atoms with Crippen molar-refractivity contribution >= 4 is 7.85 Å². The Bertz CT molecular complexity index is 543. The molecule has 2 aromatic rings. The van der Waals surface area contributed by atoms with E-state index in [-0.39, 0.29) is 0 Å². The Morgan fingerprint density at radius 1 is 1.00 bits per heavy atom. The molecule has 0 aromatic heterocycles. The quantitative estimate of drug-likeness (QED) is 0.456. The molecule has 17 heavy (non-hydrogen) atoms. The highest BCUT2D eigenvalue weighted by Crippen LogP contribution is 2.31. The summed E-state index contributed by atoms with van der Waals surface area (Å²) in [4.78, 5) is 0. The number of hydrogen-bond acceptors (Lipinski definition) is 0. The summed E-state index contributed by atoms with van der Waals surface area (Å²) >= 11 is 0. The van der Waals surface area contributed by atoms with Gasteiger partial charge in [0.1, 0.15) is 0 Å². The van der Waals surface area contributed by atoms with Crippen molar-refractivity contribution in [2.45, 2.75) is 19.2 Å². The SMILES string of the molecule is [B-]CCc1cccc2c1[CH+]c1ccccc1C2. The van der Waals surface area contributed by atoms with Crippen LogP contribution in [0.3, 0.4) is 0 Å². The van der Waals surface area contributed by atoms with E-state index in [2.05, 4.69) is 48.9 Å². The zero-order chi connectivity index (χ0) is 11.7. The molecular formula is C16H14B. The smallest absolute Gasteiger partial charge is 0.0796 e. The first-order chi connectivity index (χ1) is 8.38. The highest BCUT2D eigenvalue weighted by Gasteiger charge is 2.23. The molecule has 1 heteroatoms. The van der Waals surface area contributed by atoms with Gasteiger partial charge in [-0.3, -0.25) is 6.32 Å². The summed E-state index contributed by atoms with van der Waals surface area (Å²) in [5.74, 6) is 0. The lowest BCUT2D eigenvalue weighted by atomic mass is 9.82. The third kappa shape index (κ3) is 1.86. The topological polar surface area (TPSA) is 0 Å². The lowest BCUT2D eigenvalue weighted by Crippen LogP contribution is -2.08. The lowest BCUT2D eigenvalue weighted by molar-refractivity contribution is 1.04. The molecule has 0 unspecified atom stereocenters. The lowest BCUT2D eigenvalue weighted by Gasteiger charge is -2.16. The van der Waals surface area contributed by atoms with Crippen molar-refractivity contribution in [3.05, 3.63) is 76.7 Å². The standard InChI is InChI=1S/C16H14B/c17-9-8-12-6-3-7-15-10-13-4-1-2-5-14(13)11-16(12)15/h1-7,11H,8-10H2. The van der Waals surface area contributed by atoms with Crippen molar-refractivity contribution in [1.82, 2.24) is 0 Å². The van der Waals surface area contributed by atoms with Gasteiger partial charge in [-0.05, 0) is 42.8 Å². The maximum Gasteiger partial charge on any atom is 0.0796 e. The Labute approximate surface area is 104 Å². The van der Waals surface area contributed by atoms with Gasteiger partial charge in [-0.25, -0.2) is 0 Å². The maximum atomic E-state index is 5.67. The van der Waals surface area contributed by atoms with E-state index in [4.69, 9.17) is 7.85 Å². The highest BCUT2D eigenvalue weighted by molar-refractivity contribution is 6.08. The number of rotatable bonds is 2. The number of benzene rings is 2. The van der Waals surface area contributed by atoms with Crippen LogP contribution in [0.1, 0.15) is 27.8 Å². The van der Waals surface area contributed by atoms with Gasteiger partial charge in [0, 0.05) is 29.2 Å². The molecule has 2 aromatic carbocycles. The van der Waals surface area contributed by atoms with Gasteiger partial charge in [-0.1, -0.05) is 0 Å². The van der Waals surface area contributed by atoms with Crippen LogP contribution in [0.2, 0.25) is 6.32 Å². The molecule has 0 nitrogen and oxygen atoms in total. The molecule has 0 amide bonds. The summed E-state index contributed by atoms with van der Waals surface area (Å²) in [7, 11) is 5.67. The van der Waals surface area contributed by atoms with Crippen LogP contribution in [0.25, 0.3) is 0 Å². The van der Waals surface area contributed by atoms with E-state index in [1.54, 1.807) is 0 Å². The normalized spacial score (nSPS) is 12.5. The first-order valence-electron chi connectivity index (χ1n) is 6.12. The fourth-order valence-corrected chi connectivity index (χ4v) is 2.58. The minimum Gasteiger partial charge on any atom is -0.625 e. The zero-order valence-corrected chi connectivity index (χ0v) is 9.82. The summed E-state index contributed by atoms with van der Waals surface area (Å²) in [5, 5.41) is 0. The summed E-state index contributed by atoms with van der Waals surface area (Å²) in [6.45, 7) is 0. The van der Waals surface area contributed by atoms with Gasteiger partial charge in [0.05, 0.1) is 17.5 Å². The van der Waals surface area contributed by atoms with Crippen LogP contribution in [0.15, 0.2) is 42.5 Å². The monoisotopic (exact) mass is 217 g/mol. The van der Waals surface area contributed by atoms with Crippen molar-refractivity contribution in [3.63, 3.8) is 0 Å². The number of aryl methyl sites for hydroxylation is 1. The second kappa shape index (κ2) is 4.33. The Morgan fingerprint density at radius 3 is 2.71 bits per heavy atom. The van der Waals surface area contributed by atoms with Crippen LogP contribution >= 0.6 is 0 Å². The Kier molecular flexibility index (Phi) is 2.68. The third-order valence-corrected chi connectivity index (χ3v) is 3.44. The van der Waals surface area contributed by atoms with Crippen LogP contribution < -0.4 is 0 Å². The van der Waals surface area contributed by atoms with Gasteiger partial charge in [-0.15, -0.1) is 0 Å². The van der Waals surface area contributed by atoms with Crippen molar-refractivity contribution in [3.8, 4) is 0 Å². The summed E-state index contributed by atoms with van der Waals surface area (Å²) in [6.07, 6.45) is 5.02. The second-order valence-electron chi connectivity index (χ2n) is 4.55. The van der Waals surface area contributed by atoms with Crippen LogP contribution in [0, 0.1) is 6.42 Å². The van der Waals surface area contributed by atoms with Crippen molar-refractivity contribution < 1.29 is 0 Å². The van der Waals surface area contributed by atoms with Gasteiger partial charge in [0.25, 0.3) is 0 Å². The fraction of sp³-hybridized carbons (Fsp3) is 0.188. The van der Waals surface area contributed by atoms with E-state index in [0.29, 0.717) is 6.32 Å². The van der Waals surface area contributed by atoms with Gasteiger partial charge in [0.2, 0.25) is 0 Å². The largest absolute Gasteiger partial charge is 0.625 e. The van der Waals surface area contributed by atoms with Crippen molar-refractivity contribution in [1.29, 1.82) is 0 Å². The molecule has 1 aliphatic rings. The zero-order valence-electron chi connectivity index (χ0n) is 9.82. The summed E-state index contributed by atoms with van der Waals surface area (Å²) < 4.78 is 0. The Hall–Kier alpha value is -1.63. The van der Waals surface area contributed by atoms with E-state index in [9.17, 15) is 0 Å². The molecule has 3 rings (SSSR count). The van der Waals surface area contributed by atoms with Crippen molar-refractivity contribution in [2.24, 2.45) is 0 Å². The highest BCUT2D eigenvalue weighted by atomic mass is 14.2. The predicted molar refractivity (Wildman–Crippen MR) is 72.5 cm³/mol. The van der Waals surface area contributed by atoms with Gasteiger partial charge in [0.15, 0.2) is 0 Å². The van der Waals surface area contributed by atoms with Gasteiger partial charge >= 0.3 is 0 Å². The average molecular weight is 217 g/mol.